The lowest BCUT2D eigenvalue weighted by atomic mass is 9.85. The summed E-state index contributed by atoms with van der Waals surface area (Å²) >= 11 is 0. The molecule has 1 unspecified atom stereocenters. The Hall–Kier alpha value is -3.89. The molecule has 1 aromatic heterocycles. The van der Waals surface area contributed by atoms with Crippen LogP contribution >= 0.6 is 0 Å². The van der Waals surface area contributed by atoms with E-state index in [0.29, 0.717) is 40.7 Å². The first-order chi connectivity index (χ1) is 21.9. The fourth-order valence-corrected chi connectivity index (χ4v) is 6.31. The van der Waals surface area contributed by atoms with Gasteiger partial charge in [0.15, 0.2) is 0 Å². The third kappa shape index (κ3) is 7.56. The highest BCUT2D eigenvalue weighted by Crippen LogP contribution is 2.39. The standard InChI is InChI=1S/C35H48N4O7/c1-8-23-28-18-39(29(23)33(41)44-19-20(2)3)32(40)30(35(4,5)6)38-34(42)46-27-16-21(27)12-10-9-11-13-25-31(45-28)37-26-17-22(43-7)14-15-24(26)36-25/h11,13-15,17,20-21,23,27-30H,8-10,12,16,18-19H2,1-7H3,(H,38,42)/b13-11+/t21-,23?,27-,28+,29+,30-/m1/s1. The van der Waals surface area contributed by atoms with Crippen molar-refractivity contribution in [2.75, 3.05) is 20.3 Å². The largest absolute Gasteiger partial charge is 0.497 e. The molecule has 2 bridgehead atoms. The monoisotopic (exact) mass is 636 g/mol. The summed E-state index contributed by atoms with van der Waals surface area (Å²) in [5, 5.41) is 2.85. The van der Waals surface area contributed by atoms with Gasteiger partial charge in [-0.05, 0) is 67.6 Å². The van der Waals surface area contributed by atoms with E-state index in [1.54, 1.807) is 13.2 Å². The molecule has 1 saturated heterocycles. The fraction of sp³-hybridized carbons (Fsp3) is 0.629. The van der Waals surface area contributed by atoms with Gasteiger partial charge in [0.05, 0.1) is 31.3 Å². The third-order valence-electron chi connectivity index (χ3n) is 8.99. The van der Waals surface area contributed by atoms with Crippen LogP contribution < -0.4 is 14.8 Å². The van der Waals surface area contributed by atoms with E-state index < -0.39 is 41.6 Å². The minimum Gasteiger partial charge on any atom is -0.497 e. The number of ether oxygens (including phenoxy) is 4. The molecule has 2 amide bonds. The Morgan fingerprint density at radius 1 is 1.13 bits per heavy atom. The van der Waals surface area contributed by atoms with Gasteiger partial charge < -0.3 is 29.2 Å². The van der Waals surface area contributed by atoms with Gasteiger partial charge in [0, 0.05) is 12.0 Å². The number of fused-ring (bicyclic) bond motifs is 5. The maximum Gasteiger partial charge on any atom is 0.408 e. The van der Waals surface area contributed by atoms with Crippen molar-refractivity contribution < 1.29 is 33.3 Å². The number of carbonyl (C=O) groups is 3. The van der Waals surface area contributed by atoms with Crippen LogP contribution in [0, 0.1) is 23.2 Å². The van der Waals surface area contributed by atoms with Gasteiger partial charge in [0.25, 0.3) is 0 Å². The molecule has 2 aliphatic heterocycles. The van der Waals surface area contributed by atoms with E-state index in [2.05, 4.69) is 11.4 Å². The fourth-order valence-electron chi connectivity index (χ4n) is 6.31. The van der Waals surface area contributed by atoms with Crippen LogP contribution in [0.15, 0.2) is 24.3 Å². The highest BCUT2D eigenvalue weighted by atomic mass is 16.6. The van der Waals surface area contributed by atoms with E-state index >= 15 is 0 Å². The van der Waals surface area contributed by atoms with Crippen molar-refractivity contribution >= 4 is 35.1 Å². The van der Waals surface area contributed by atoms with E-state index in [1.165, 1.54) is 4.90 Å². The number of alkyl carbamates (subject to hydrolysis) is 1. The second kappa shape index (κ2) is 13.8. The number of nitrogens with one attached hydrogen (secondary N) is 1. The molecule has 250 valence electrons. The van der Waals surface area contributed by atoms with Crippen LogP contribution in [0.25, 0.3) is 17.1 Å². The molecule has 1 aliphatic carbocycles. The molecule has 3 heterocycles. The molecule has 3 aliphatic rings. The van der Waals surface area contributed by atoms with Crippen molar-refractivity contribution in [3.8, 4) is 11.6 Å². The van der Waals surface area contributed by atoms with Crippen molar-refractivity contribution in [3.05, 3.63) is 30.0 Å². The first-order valence-electron chi connectivity index (χ1n) is 16.5. The van der Waals surface area contributed by atoms with Crippen LogP contribution in [-0.4, -0.2) is 77.4 Å². The second-order valence-corrected chi connectivity index (χ2v) is 14.2. The summed E-state index contributed by atoms with van der Waals surface area (Å²) < 4.78 is 23.5. The smallest absolute Gasteiger partial charge is 0.408 e. The van der Waals surface area contributed by atoms with Crippen molar-refractivity contribution in [2.24, 2.45) is 23.2 Å². The minimum absolute atomic E-state index is 0.105. The van der Waals surface area contributed by atoms with Crippen LogP contribution in [0.4, 0.5) is 4.79 Å². The number of carbonyl (C=O) groups excluding carboxylic acids is 3. The lowest BCUT2D eigenvalue weighted by molar-refractivity contribution is -0.157. The van der Waals surface area contributed by atoms with E-state index in [-0.39, 0.29) is 31.1 Å². The van der Waals surface area contributed by atoms with E-state index in [1.807, 2.05) is 59.8 Å². The van der Waals surface area contributed by atoms with E-state index in [9.17, 15) is 14.4 Å². The molecule has 2 fully saturated rings. The number of benzene rings is 1. The van der Waals surface area contributed by atoms with Gasteiger partial charge in [-0.1, -0.05) is 47.6 Å². The molecule has 0 spiro atoms. The molecule has 1 aromatic carbocycles. The average Bonchev–Trinajstić information content (AvgIpc) is 3.63. The van der Waals surface area contributed by atoms with E-state index in [4.69, 9.17) is 28.9 Å². The Kier molecular flexibility index (Phi) is 10.1. The Morgan fingerprint density at radius 2 is 1.91 bits per heavy atom. The summed E-state index contributed by atoms with van der Waals surface area (Å²) in [7, 11) is 1.60. The number of nitrogens with zero attached hydrogens (tertiary/aromatic N) is 3. The predicted molar refractivity (Wildman–Crippen MR) is 173 cm³/mol. The zero-order valence-electron chi connectivity index (χ0n) is 28.1. The molecule has 11 nitrogen and oxygen atoms in total. The first-order valence-corrected chi connectivity index (χ1v) is 16.5. The summed E-state index contributed by atoms with van der Waals surface area (Å²) in [5.74, 6) is 0.105. The highest BCUT2D eigenvalue weighted by molar-refractivity contribution is 5.91. The zero-order valence-corrected chi connectivity index (χ0v) is 28.1. The zero-order chi connectivity index (χ0) is 33.2. The average molecular weight is 637 g/mol. The van der Waals surface area contributed by atoms with Gasteiger partial charge in [-0.25, -0.2) is 19.6 Å². The number of amides is 2. The Morgan fingerprint density at radius 3 is 2.61 bits per heavy atom. The molecular weight excluding hydrogens is 588 g/mol. The number of esters is 1. The Bertz CT molecular complexity index is 1470. The van der Waals surface area contributed by atoms with Crippen LogP contribution in [-0.2, 0) is 19.1 Å². The van der Waals surface area contributed by atoms with Crippen molar-refractivity contribution in [3.63, 3.8) is 0 Å². The maximum atomic E-state index is 14.4. The molecule has 6 atom stereocenters. The molecular formula is C35H48N4O7. The van der Waals surface area contributed by atoms with E-state index in [0.717, 1.165) is 25.7 Å². The lowest BCUT2D eigenvalue weighted by Crippen LogP contribution is -2.57. The Labute approximate surface area is 271 Å². The Balaban J connectivity index is 1.57. The molecule has 0 radical (unpaired) electrons. The second-order valence-electron chi connectivity index (χ2n) is 14.2. The minimum atomic E-state index is -0.945. The summed E-state index contributed by atoms with van der Waals surface area (Å²) in [6.07, 6.45) is 6.61. The van der Waals surface area contributed by atoms with Crippen LogP contribution in [0.2, 0.25) is 0 Å². The van der Waals surface area contributed by atoms with Gasteiger partial charge in [-0.15, -0.1) is 0 Å². The quantitative estimate of drug-likeness (QED) is 0.420. The summed E-state index contributed by atoms with van der Waals surface area (Å²) in [5.41, 5.74) is 1.20. The third-order valence-corrected chi connectivity index (χ3v) is 8.99. The van der Waals surface area contributed by atoms with Crippen molar-refractivity contribution in [2.45, 2.75) is 97.9 Å². The van der Waals surface area contributed by atoms with Crippen LogP contribution in [0.5, 0.6) is 11.6 Å². The molecule has 2 aromatic rings. The van der Waals surface area contributed by atoms with Crippen LogP contribution in [0.1, 0.15) is 79.3 Å². The van der Waals surface area contributed by atoms with Crippen molar-refractivity contribution in [1.82, 2.24) is 20.2 Å². The molecule has 11 heteroatoms. The summed E-state index contributed by atoms with van der Waals surface area (Å²) in [4.78, 5) is 52.5. The van der Waals surface area contributed by atoms with Crippen molar-refractivity contribution in [1.29, 1.82) is 0 Å². The van der Waals surface area contributed by atoms with Gasteiger partial charge in [0.1, 0.15) is 35.7 Å². The van der Waals surface area contributed by atoms with Gasteiger partial charge in [0.2, 0.25) is 11.8 Å². The first kappa shape index (κ1) is 33.5. The van der Waals surface area contributed by atoms with Gasteiger partial charge in [-0.2, -0.15) is 0 Å². The van der Waals surface area contributed by atoms with Crippen LogP contribution in [0.3, 0.4) is 0 Å². The molecule has 5 rings (SSSR count). The molecule has 46 heavy (non-hydrogen) atoms. The number of hydrogen-bond donors (Lipinski definition) is 1. The molecule has 1 N–H and O–H groups in total. The number of hydrogen-bond acceptors (Lipinski definition) is 9. The summed E-state index contributed by atoms with van der Waals surface area (Å²) in [6.45, 7) is 11.9. The van der Waals surface area contributed by atoms with Gasteiger partial charge >= 0.3 is 12.1 Å². The van der Waals surface area contributed by atoms with Gasteiger partial charge in [-0.3, -0.25) is 4.79 Å². The highest BCUT2D eigenvalue weighted by Gasteiger charge is 2.52. The normalized spacial score (nSPS) is 27.8. The topological polar surface area (TPSA) is 129 Å². The molecule has 1 saturated carbocycles. The lowest BCUT2D eigenvalue weighted by Gasteiger charge is -2.35. The number of aromatic nitrogens is 2. The predicted octanol–water partition coefficient (Wildman–Crippen LogP) is 5.55. The number of methoxy groups -OCH3 is 1. The number of rotatable bonds is 5. The summed E-state index contributed by atoms with van der Waals surface area (Å²) in [6, 6.07) is 3.65. The maximum absolute atomic E-state index is 14.4. The SMILES string of the molecule is CCC1[C@@H]2CN(C(=O)[C@H](C(C)(C)C)NC(=O)O[C@@H]3C[C@H]3CCC/C=C/c3nc4ccc(OC)cc4nc3O2)[C@@H]1C(=O)OCC(C)C. The number of allylic oxidation sites excluding steroid dienone is 1.